The molecule has 2 nitrogen and oxygen atoms in total. The second kappa shape index (κ2) is 5.86. The first-order chi connectivity index (χ1) is 7.06. The average molecular weight is 212 g/mol. The number of nitrogens with one attached hydrogen (secondary N) is 1. The monoisotopic (exact) mass is 212 g/mol. The van der Waals surface area contributed by atoms with Crippen LogP contribution in [-0.2, 0) is 0 Å². The molecule has 0 aromatic heterocycles. The van der Waals surface area contributed by atoms with E-state index in [1.54, 1.807) is 0 Å². The summed E-state index contributed by atoms with van der Waals surface area (Å²) in [7, 11) is 2.26. The van der Waals surface area contributed by atoms with Crippen LogP contribution in [0.25, 0.3) is 0 Å². The van der Waals surface area contributed by atoms with Crippen molar-refractivity contribution in [2.75, 3.05) is 26.7 Å². The molecule has 0 saturated carbocycles. The van der Waals surface area contributed by atoms with E-state index in [1.165, 1.54) is 45.3 Å². The van der Waals surface area contributed by atoms with Gasteiger partial charge in [0.05, 0.1) is 0 Å². The minimum Gasteiger partial charge on any atom is -0.312 e. The Morgan fingerprint density at radius 1 is 1.33 bits per heavy atom. The Hall–Kier alpha value is -0.0800. The van der Waals surface area contributed by atoms with Gasteiger partial charge in [0, 0.05) is 12.6 Å². The zero-order valence-electron chi connectivity index (χ0n) is 11.0. The van der Waals surface area contributed by atoms with Crippen LogP contribution in [0.5, 0.6) is 0 Å². The van der Waals surface area contributed by atoms with E-state index in [-0.39, 0.29) is 0 Å². The molecule has 0 aromatic rings. The van der Waals surface area contributed by atoms with Gasteiger partial charge < -0.3 is 10.2 Å². The number of unbranched alkanes of at least 4 members (excludes halogenated alkanes) is 2. The summed E-state index contributed by atoms with van der Waals surface area (Å²) < 4.78 is 0. The lowest BCUT2D eigenvalue weighted by atomic mass is 9.85. The van der Waals surface area contributed by atoms with Crippen LogP contribution >= 0.6 is 0 Å². The largest absolute Gasteiger partial charge is 0.312 e. The van der Waals surface area contributed by atoms with Crippen molar-refractivity contribution < 1.29 is 0 Å². The average Bonchev–Trinajstić information content (AvgIpc) is 2.46. The third-order valence-electron chi connectivity index (χ3n) is 3.74. The molecule has 2 heteroatoms. The van der Waals surface area contributed by atoms with Gasteiger partial charge in [-0.15, -0.1) is 0 Å². The van der Waals surface area contributed by atoms with Crippen LogP contribution in [0, 0.1) is 5.41 Å². The fourth-order valence-electron chi connectivity index (χ4n) is 2.37. The molecular formula is C13H28N2. The van der Waals surface area contributed by atoms with Gasteiger partial charge in [0.2, 0.25) is 0 Å². The normalized spacial score (nSPS) is 25.0. The van der Waals surface area contributed by atoms with Crippen LogP contribution in [0.4, 0.5) is 0 Å². The minimum absolute atomic E-state index is 0.485. The van der Waals surface area contributed by atoms with E-state index in [1.807, 2.05) is 0 Å². The van der Waals surface area contributed by atoms with Crippen LogP contribution in [0.15, 0.2) is 0 Å². The number of hydrogen-bond donors (Lipinski definition) is 1. The molecule has 1 unspecified atom stereocenters. The van der Waals surface area contributed by atoms with E-state index in [9.17, 15) is 0 Å². The first-order valence-electron chi connectivity index (χ1n) is 6.48. The van der Waals surface area contributed by atoms with Crippen LogP contribution in [0.1, 0.15) is 46.5 Å². The van der Waals surface area contributed by atoms with Gasteiger partial charge in [0.1, 0.15) is 0 Å². The van der Waals surface area contributed by atoms with Gasteiger partial charge in [-0.25, -0.2) is 0 Å². The molecule has 1 aliphatic rings. The highest BCUT2D eigenvalue weighted by Gasteiger charge is 2.34. The van der Waals surface area contributed by atoms with Crippen LogP contribution in [-0.4, -0.2) is 37.6 Å². The molecule has 0 aromatic carbocycles. The van der Waals surface area contributed by atoms with E-state index in [0.29, 0.717) is 11.5 Å². The van der Waals surface area contributed by atoms with Gasteiger partial charge in [-0.05, 0) is 38.4 Å². The maximum atomic E-state index is 3.63. The molecule has 1 fully saturated rings. The van der Waals surface area contributed by atoms with E-state index < -0.39 is 0 Å². The van der Waals surface area contributed by atoms with Crippen molar-refractivity contribution in [3.05, 3.63) is 0 Å². The summed E-state index contributed by atoms with van der Waals surface area (Å²) in [6.45, 7) is 10.7. The van der Waals surface area contributed by atoms with Crippen molar-refractivity contribution in [3.8, 4) is 0 Å². The third-order valence-corrected chi connectivity index (χ3v) is 3.74. The third kappa shape index (κ3) is 4.12. The lowest BCUT2D eigenvalue weighted by molar-refractivity contribution is 0.221. The molecular weight excluding hydrogens is 184 g/mol. The van der Waals surface area contributed by atoms with Gasteiger partial charge >= 0.3 is 0 Å². The summed E-state index contributed by atoms with van der Waals surface area (Å²) >= 11 is 0. The second-order valence-electron chi connectivity index (χ2n) is 5.71. The van der Waals surface area contributed by atoms with Crippen LogP contribution in [0.2, 0.25) is 0 Å². The van der Waals surface area contributed by atoms with E-state index in [4.69, 9.17) is 0 Å². The Balaban J connectivity index is 2.22. The maximum Gasteiger partial charge on any atom is 0.0246 e. The molecule has 90 valence electrons. The Bertz CT molecular complexity index is 177. The Morgan fingerprint density at radius 3 is 2.60 bits per heavy atom. The van der Waals surface area contributed by atoms with Crippen molar-refractivity contribution >= 4 is 0 Å². The van der Waals surface area contributed by atoms with E-state index >= 15 is 0 Å². The fourth-order valence-corrected chi connectivity index (χ4v) is 2.37. The SMILES string of the molecule is CCCCCN(C)CC1NCCC1(C)C. The second-order valence-corrected chi connectivity index (χ2v) is 5.71. The predicted octanol–water partition coefficient (Wildman–Crippen LogP) is 2.50. The Labute approximate surface area is 95.4 Å². The molecule has 0 amide bonds. The first-order valence-corrected chi connectivity index (χ1v) is 6.48. The lowest BCUT2D eigenvalue weighted by Crippen LogP contribution is -2.42. The van der Waals surface area contributed by atoms with Crippen molar-refractivity contribution in [1.82, 2.24) is 10.2 Å². The molecule has 1 atom stereocenters. The highest BCUT2D eigenvalue weighted by Crippen LogP contribution is 2.29. The Kier molecular flexibility index (Phi) is 5.07. The Morgan fingerprint density at radius 2 is 2.07 bits per heavy atom. The fraction of sp³-hybridized carbons (Fsp3) is 1.00. The van der Waals surface area contributed by atoms with Gasteiger partial charge in [-0.3, -0.25) is 0 Å². The number of nitrogens with zero attached hydrogens (tertiary/aromatic N) is 1. The van der Waals surface area contributed by atoms with Crippen LogP contribution in [0.3, 0.4) is 0 Å². The first kappa shape index (κ1) is 13.0. The van der Waals surface area contributed by atoms with Crippen molar-refractivity contribution in [1.29, 1.82) is 0 Å². The number of rotatable bonds is 6. The van der Waals surface area contributed by atoms with Gasteiger partial charge in [0.25, 0.3) is 0 Å². The molecule has 0 spiro atoms. The van der Waals surface area contributed by atoms with Gasteiger partial charge in [-0.2, -0.15) is 0 Å². The maximum absolute atomic E-state index is 3.63. The molecule has 0 bridgehead atoms. The van der Waals surface area contributed by atoms with Crippen molar-refractivity contribution in [3.63, 3.8) is 0 Å². The van der Waals surface area contributed by atoms with Gasteiger partial charge in [-0.1, -0.05) is 33.6 Å². The van der Waals surface area contributed by atoms with E-state index in [2.05, 4.69) is 38.0 Å². The molecule has 0 aliphatic carbocycles. The smallest absolute Gasteiger partial charge is 0.0246 e. The molecule has 0 radical (unpaired) electrons. The van der Waals surface area contributed by atoms with Crippen molar-refractivity contribution in [2.45, 2.75) is 52.5 Å². The highest BCUT2D eigenvalue weighted by atomic mass is 15.1. The minimum atomic E-state index is 0.485. The predicted molar refractivity (Wildman–Crippen MR) is 67.2 cm³/mol. The van der Waals surface area contributed by atoms with Crippen LogP contribution < -0.4 is 5.32 Å². The zero-order valence-corrected chi connectivity index (χ0v) is 11.0. The summed E-state index contributed by atoms with van der Waals surface area (Å²) in [6, 6.07) is 0.684. The number of likely N-dealkylation sites (N-methyl/N-ethyl adjacent to an activating group) is 1. The molecule has 1 heterocycles. The highest BCUT2D eigenvalue weighted by molar-refractivity contribution is 4.92. The molecule has 1 saturated heterocycles. The standard InChI is InChI=1S/C13H28N2/c1-5-6-7-10-15(4)11-12-13(2,3)8-9-14-12/h12,14H,5-11H2,1-4H3. The summed E-state index contributed by atoms with van der Waals surface area (Å²) in [6.07, 6.45) is 5.35. The summed E-state index contributed by atoms with van der Waals surface area (Å²) in [5.74, 6) is 0. The molecule has 1 N–H and O–H groups in total. The molecule has 1 rings (SSSR count). The van der Waals surface area contributed by atoms with E-state index in [0.717, 1.165) is 0 Å². The molecule has 15 heavy (non-hydrogen) atoms. The zero-order chi connectivity index (χ0) is 11.3. The lowest BCUT2D eigenvalue weighted by Gasteiger charge is -2.30. The van der Waals surface area contributed by atoms with Crippen molar-refractivity contribution in [2.24, 2.45) is 5.41 Å². The quantitative estimate of drug-likeness (QED) is 0.681. The topological polar surface area (TPSA) is 15.3 Å². The summed E-state index contributed by atoms with van der Waals surface area (Å²) in [4.78, 5) is 2.49. The summed E-state index contributed by atoms with van der Waals surface area (Å²) in [5, 5.41) is 3.63. The summed E-state index contributed by atoms with van der Waals surface area (Å²) in [5.41, 5.74) is 0.485. The molecule has 1 aliphatic heterocycles. The van der Waals surface area contributed by atoms with Gasteiger partial charge in [0.15, 0.2) is 0 Å². The number of hydrogen-bond acceptors (Lipinski definition) is 2.